The zero-order valence-corrected chi connectivity index (χ0v) is 8.75. The molecule has 0 heterocycles. The van der Waals surface area contributed by atoms with Gasteiger partial charge in [0, 0.05) is 13.0 Å². The molecule has 2 fully saturated rings. The topological polar surface area (TPSA) is 73.1 Å². The maximum Gasteiger partial charge on any atom is 0.323 e. The first kappa shape index (κ1) is 10.4. The number of aliphatic carboxylic acids is 1. The Balaban J connectivity index is 1.87. The number of nitrogens with one attached hydrogen (secondary N) is 1. The van der Waals surface area contributed by atoms with Gasteiger partial charge in [-0.1, -0.05) is 0 Å². The van der Waals surface area contributed by atoms with Crippen LogP contribution >= 0.6 is 0 Å². The lowest BCUT2D eigenvalue weighted by atomic mass is 9.76. The van der Waals surface area contributed by atoms with Crippen molar-refractivity contribution in [2.75, 3.05) is 6.54 Å². The molecule has 0 spiro atoms. The van der Waals surface area contributed by atoms with Crippen molar-refractivity contribution >= 4 is 5.97 Å². The molecule has 0 saturated heterocycles. The second-order valence-corrected chi connectivity index (χ2v) is 4.93. The molecular formula is C11H16N2O2. The van der Waals surface area contributed by atoms with E-state index in [1.165, 1.54) is 0 Å². The highest BCUT2D eigenvalue weighted by Crippen LogP contribution is 2.48. The summed E-state index contributed by atoms with van der Waals surface area (Å²) in [4.78, 5) is 11.1. The van der Waals surface area contributed by atoms with Gasteiger partial charge in [0.1, 0.15) is 5.54 Å². The van der Waals surface area contributed by atoms with Crippen molar-refractivity contribution in [3.63, 3.8) is 0 Å². The van der Waals surface area contributed by atoms with E-state index in [1.807, 2.05) is 0 Å². The van der Waals surface area contributed by atoms with E-state index in [9.17, 15) is 4.79 Å². The smallest absolute Gasteiger partial charge is 0.323 e. The van der Waals surface area contributed by atoms with Crippen LogP contribution in [0, 0.1) is 16.7 Å². The molecule has 0 aliphatic heterocycles. The Kier molecular flexibility index (Phi) is 2.43. The standard InChI is InChI=1S/C11H16N2O2/c12-7-6-10(4-5-10)8-13-11(9(14)15)2-1-3-11/h13H,1-6,8H2,(H,14,15). The van der Waals surface area contributed by atoms with E-state index < -0.39 is 11.5 Å². The zero-order chi connectivity index (χ0) is 10.9. The summed E-state index contributed by atoms with van der Waals surface area (Å²) in [6.07, 6.45) is 5.11. The predicted molar refractivity (Wildman–Crippen MR) is 54.1 cm³/mol. The number of carboxylic acids is 1. The van der Waals surface area contributed by atoms with E-state index in [0.29, 0.717) is 13.0 Å². The molecule has 0 atom stereocenters. The van der Waals surface area contributed by atoms with Crippen molar-refractivity contribution in [2.45, 2.75) is 44.1 Å². The number of carbonyl (C=O) groups is 1. The van der Waals surface area contributed by atoms with E-state index >= 15 is 0 Å². The Hall–Kier alpha value is -1.08. The summed E-state index contributed by atoms with van der Waals surface area (Å²) in [5, 5.41) is 20.9. The molecule has 2 aliphatic carbocycles. The molecule has 82 valence electrons. The van der Waals surface area contributed by atoms with Gasteiger partial charge in [0.15, 0.2) is 0 Å². The van der Waals surface area contributed by atoms with E-state index in [1.54, 1.807) is 0 Å². The Labute approximate surface area is 89.3 Å². The molecule has 15 heavy (non-hydrogen) atoms. The van der Waals surface area contributed by atoms with Crippen LogP contribution in [-0.4, -0.2) is 23.2 Å². The van der Waals surface area contributed by atoms with Gasteiger partial charge in [0.2, 0.25) is 0 Å². The molecule has 0 unspecified atom stereocenters. The fraction of sp³-hybridized carbons (Fsp3) is 0.818. The molecule has 0 amide bonds. The molecule has 4 nitrogen and oxygen atoms in total. The Morgan fingerprint density at radius 2 is 2.07 bits per heavy atom. The SMILES string of the molecule is N#CCC1(CNC2(C(=O)O)CCC2)CC1. The molecule has 0 aromatic rings. The maximum atomic E-state index is 11.1. The monoisotopic (exact) mass is 208 g/mol. The summed E-state index contributed by atoms with van der Waals surface area (Å²) in [6.45, 7) is 0.687. The van der Waals surface area contributed by atoms with Gasteiger partial charge in [0.05, 0.1) is 6.07 Å². The van der Waals surface area contributed by atoms with Crippen molar-refractivity contribution in [1.29, 1.82) is 5.26 Å². The number of nitriles is 1. The van der Waals surface area contributed by atoms with Gasteiger partial charge in [0.25, 0.3) is 0 Å². The minimum atomic E-state index is -0.735. The van der Waals surface area contributed by atoms with Gasteiger partial charge in [-0.15, -0.1) is 0 Å². The van der Waals surface area contributed by atoms with Crippen molar-refractivity contribution in [3.8, 4) is 6.07 Å². The molecule has 2 N–H and O–H groups in total. The minimum absolute atomic E-state index is 0.0901. The average Bonchev–Trinajstić information content (AvgIpc) is 2.83. The highest BCUT2D eigenvalue weighted by Gasteiger charge is 2.48. The molecular weight excluding hydrogens is 192 g/mol. The Morgan fingerprint density at radius 3 is 2.40 bits per heavy atom. The third kappa shape index (κ3) is 1.84. The first-order chi connectivity index (χ1) is 7.13. The minimum Gasteiger partial charge on any atom is -0.480 e. The van der Waals surface area contributed by atoms with Crippen LogP contribution in [-0.2, 0) is 4.79 Å². The first-order valence-electron chi connectivity index (χ1n) is 5.48. The van der Waals surface area contributed by atoms with Gasteiger partial charge in [-0.25, -0.2) is 0 Å². The van der Waals surface area contributed by atoms with Gasteiger partial charge < -0.3 is 10.4 Å². The number of hydrogen-bond donors (Lipinski definition) is 2. The lowest BCUT2D eigenvalue weighted by Crippen LogP contribution is -2.58. The zero-order valence-electron chi connectivity index (χ0n) is 8.75. The molecule has 2 aliphatic rings. The van der Waals surface area contributed by atoms with Gasteiger partial charge in [-0.05, 0) is 37.5 Å². The van der Waals surface area contributed by atoms with Gasteiger partial charge >= 0.3 is 5.97 Å². The largest absolute Gasteiger partial charge is 0.480 e. The second kappa shape index (κ2) is 3.49. The van der Waals surface area contributed by atoms with Crippen LogP contribution in [0.25, 0.3) is 0 Å². The van der Waals surface area contributed by atoms with Crippen molar-refractivity contribution in [1.82, 2.24) is 5.32 Å². The van der Waals surface area contributed by atoms with Crippen LogP contribution in [0.15, 0.2) is 0 Å². The van der Waals surface area contributed by atoms with E-state index in [0.717, 1.165) is 32.1 Å². The summed E-state index contributed by atoms with van der Waals surface area (Å²) in [7, 11) is 0. The van der Waals surface area contributed by atoms with Crippen LogP contribution in [0.5, 0.6) is 0 Å². The molecule has 4 heteroatoms. The molecule has 0 aromatic carbocycles. The number of rotatable bonds is 5. The first-order valence-corrected chi connectivity index (χ1v) is 5.48. The third-order valence-corrected chi connectivity index (χ3v) is 3.83. The quantitative estimate of drug-likeness (QED) is 0.713. The Morgan fingerprint density at radius 1 is 1.40 bits per heavy atom. The van der Waals surface area contributed by atoms with Crippen LogP contribution in [0.4, 0.5) is 0 Å². The third-order valence-electron chi connectivity index (χ3n) is 3.83. The van der Waals surface area contributed by atoms with E-state index in [-0.39, 0.29) is 5.41 Å². The molecule has 0 aromatic heterocycles. The van der Waals surface area contributed by atoms with Crippen molar-refractivity contribution in [2.24, 2.45) is 5.41 Å². The van der Waals surface area contributed by atoms with Gasteiger partial charge in [-0.2, -0.15) is 5.26 Å². The van der Waals surface area contributed by atoms with Crippen molar-refractivity contribution in [3.05, 3.63) is 0 Å². The molecule has 2 saturated carbocycles. The van der Waals surface area contributed by atoms with Crippen LogP contribution < -0.4 is 5.32 Å². The summed E-state index contributed by atoms with van der Waals surface area (Å²) in [5.74, 6) is -0.735. The van der Waals surface area contributed by atoms with Crippen LogP contribution in [0.3, 0.4) is 0 Å². The van der Waals surface area contributed by atoms with Crippen LogP contribution in [0.2, 0.25) is 0 Å². The summed E-state index contributed by atoms with van der Waals surface area (Å²) in [5.41, 5.74) is -0.585. The summed E-state index contributed by atoms with van der Waals surface area (Å²) in [6, 6.07) is 2.18. The lowest BCUT2D eigenvalue weighted by Gasteiger charge is -2.39. The number of hydrogen-bond acceptors (Lipinski definition) is 3. The second-order valence-electron chi connectivity index (χ2n) is 4.93. The maximum absolute atomic E-state index is 11.1. The van der Waals surface area contributed by atoms with E-state index in [4.69, 9.17) is 10.4 Å². The van der Waals surface area contributed by atoms with Crippen LogP contribution in [0.1, 0.15) is 38.5 Å². The average molecular weight is 208 g/mol. The Bertz CT molecular complexity index is 311. The van der Waals surface area contributed by atoms with E-state index in [2.05, 4.69) is 11.4 Å². The normalized spacial score (nSPS) is 25.0. The summed E-state index contributed by atoms with van der Waals surface area (Å²) >= 11 is 0. The molecule has 0 bridgehead atoms. The lowest BCUT2D eigenvalue weighted by molar-refractivity contribution is -0.148. The molecule has 0 radical (unpaired) electrons. The number of carboxylic acid groups (broad SMARTS) is 1. The number of nitrogens with zero attached hydrogens (tertiary/aromatic N) is 1. The predicted octanol–water partition coefficient (Wildman–Crippen LogP) is 1.28. The highest BCUT2D eigenvalue weighted by molar-refractivity contribution is 5.80. The fourth-order valence-corrected chi connectivity index (χ4v) is 2.11. The summed E-state index contributed by atoms with van der Waals surface area (Å²) < 4.78 is 0. The van der Waals surface area contributed by atoms with Gasteiger partial charge in [-0.3, -0.25) is 4.79 Å². The highest BCUT2D eigenvalue weighted by atomic mass is 16.4. The fourth-order valence-electron chi connectivity index (χ4n) is 2.11. The molecule has 2 rings (SSSR count). The van der Waals surface area contributed by atoms with Crippen molar-refractivity contribution < 1.29 is 9.90 Å².